The second-order valence-electron chi connectivity index (χ2n) is 3.38. The van der Waals surface area contributed by atoms with Crippen LogP contribution in [0.3, 0.4) is 0 Å². The molecule has 62 valence electrons. The highest BCUT2D eigenvalue weighted by atomic mass is 28.3. The SMILES string of the molecule is CCC(OC(C)C)[SiH](C)C. The molecule has 0 amide bonds. The van der Waals surface area contributed by atoms with Crippen molar-refractivity contribution in [2.24, 2.45) is 0 Å². The van der Waals surface area contributed by atoms with Crippen molar-refractivity contribution in [3.05, 3.63) is 0 Å². The Morgan fingerprint density at radius 1 is 1.30 bits per heavy atom. The van der Waals surface area contributed by atoms with E-state index in [0.717, 1.165) is 0 Å². The summed E-state index contributed by atoms with van der Waals surface area (Å²) in [5, 5.41) is 0. The molecule has 0 aliphatic rings. The number of hydrogen-bond donors (Lipinski definition) is 0. The van der Waals surface area contributed by atoms with E-state index in [4.69, 9.17) is 4.74 Å². The molecule has 0 aromatic heterocycles. The molecule has 1 unspecified atom stereocenters. The van der Waals surface area contributed by atoms with Crippen molar-refractivity contribution in [1.29, 1.82) is 0 Å². The van der Waals surface area contributed by atoms with Gasteiger partial charge in [0.05, 0.1) is 14.9 Å². The summed E-state index contributed by atoms with van der Waals surface area (Å²) in [5.41, 5.74) is 0.583. The molecule has 0 fully saturated rings. The molecule has 0 N–H and O–H groups in total. The molecule has 0 rings (SSSR count). The van der Waals surface area contributed by atoms with Crippen molar-refractivity contribution >= 4 is 8.80 Å². The Labute approximate surface area is 66.4 Å². The lowest BCUT2D eigenvalue weighted by atomic mass is 10.4. The maximum absolute atomic E-state index is 5.72. The summed E-state index contributed by atoms with van der Waals surface area (Å²) in [7, 11) is -0.564. The Balaban J connectivity index is 3.60. The summed E-state index contributed by atoms with van der Waals surface area (Å²) in [6.45, 7) is 11.1. The first-order valence-electron chi connectivity index (χ1n) is 4.23. The van der Waals surface area contributed by atoms with Gasteiger partial charge in [0.1, 0.15) is 0 Å². The van der Waals surface area contributed by atoms with Crippen LogP contribution in [0.5, 0.6) is 0 Å². The van der Waals surface area contributed by atoms with Gasteiger partial charge in [-0.1, -0.05) is 20.0 Å². The fraction of sp³-hybridized carbons (Fsp3) is 1.00. The van der Waals surface area contributed by atoms with Crippen LogP contribution in [0.15, 0.2) is 0 Å². The van der Waals surface area contributed by atoms with Gasteiger partial charge in [0.2, 0.25) is 0 Å². The van der Waals surface area contributed by atoms with Crippen molar-refractivity contribution in [2.75, 3.05) is 0 Å². The predicted molar refractivity (Wildman–Crippen MR) is 49.2 cm³/mol. The van der Waals surface area contributed by atoms with Gasteiger partial charge in [0.25, 0.3) is 0 Å². The molecule has 0 radical (unpaired) electrons. The Bertz CT molecular complexity index is 81.3. The second-order valence-corrected chi connectivity index (χ2v) is 6.61. The molecule has 10 heavy (non-hydrogen) atoms. The van der Waals surface area contributed by atoms with Crippen LogP contribution < -0.4 is 0 Å². The normalized spacial score (nSPS) is 14.7. The van der Waals surface area contributed by atoms with E-state index < -0.39 is 8.80 Å². The van der Waals surface area contributed by atoms with E-state index >= 15 is 0 Å². The molecule has 0 aromatic rings. The van der Waals surface area contributed by atoms with Crippen molar-refractivity contribution < 1.29 is 4.74 Å². The summed E-state index contributed by atoms with van der Waals surface area (Å²) in [5.74, 6) is 0. The van der Waals surface area contributed by atoms with Gasteiger partial charge >= 0.3 is 0 Å². The zero-order valence-corrected chi connectivity index (χ0v) is 9.00. The molecule has 1 atom stereocenters. The summed E-state index contributed by atoms with van der Waals surface area (Å²) < 4.78 is 5.72. The minimum absolute atomic E-state index is 0.403. The van der Waals surface area contributed by atoms with Gasteiger partial charge in [-0.2, -0.15) is 0 Å². The van der Waals surface area contributed by atoms with Gasteiger partial charge in [-0.3, -0.25) is 0 Å². The first-order valence-corrected chi connectivity index (χ1v) is 7.21. The molecule has 0 aliphatic carbocycles. The van der Waals surface area contributed by atoms with Gasteiger partial charge in [-0.15, -0.1) is 0 Å². The maximum atomic E-state index is 5.72. The lowest BCUT2D eigenvalue weighted by molar-refractivity contribution is 0.0489. The van der Waals surface area contributed by atoms with Crippen LogP contribution >= 0.6 is 0 Å². The third-order valence-electron chi connectivity index (χ3n) is 1.59. The predicted octanol–water partition coefficient (Wildman–Crippen LogP) is 2.22. The van der Waals surface area contributed by atoms with Crippen molar-refractivity contribution in [1.82, 2.24) is 0 Å². The summed E-state index contributed by atoms with van der Waals surface area (Å²) in [6.07, 6.45) is 1.59. The number of rotatable bonds is 4. The van der Waals surface area contributed by atoms with E-state index in [2.05, 4.69) is 33.9 Å². The van der Waals surface area contributed by atoms with Crippen LogP contribution in [0.4, 0.5) is 0 Å². The lowest BCUT2D eigenvalue weighted by Crippen LogP contribution is -2.29. The Morgan fingerprint density at radius 2 is 1.80 bits per heavy atom. The molecular weight excluding hydrogens is 140 g/mol. The molecule has 0 heterocycles. The number of hydrogen-bond acceptors (Lipinski definition) is 1. The van der Waals surface area contributed by atoms with Crippen LogP contribution in [0.2, 0.25) is 13.1 Å². The van der Waals surface area contributed by atoms with Crippen LogP contribution in [-0.4, -0.2) is 20.6 Å². The standard InChI is InChI=1S/C8H20OSi/c1-6-8(10(4)5)9-7(2)3/h7-8,10H,6H2,1-5H3. The molecule has 1 nitrogen and oxygen atoms in total. The molecular formula is C8H20OSi. The molecule has 0 spiro atoms. The highest BCUT2D eigenvalue weighted by Gasteiger charge is 2.13. The fourth-order valence-electron chi connectivity index (χ4n) is 1.07. The summed E-state index contributed by atoms with van der Waals surface area (Å²) in [6, 6.07) is 0. The summed E-state index contributed by atoms with van der Waals surface area (Å²) >= 11 is 0. The monoisotopic (exact) mass is 160 g/mol. The Kier molecular flexibility index (Phi) is 5.00. The van der Waals surface area contributed by atoms with Crippen LogP contribution in [0.25, 0.3) is 0 Å². The molecule has 0 bridgehead atoms. The van der Waals surface area contributed by atoms with Crippen LogP contribution in [0, 0.1) is 0 Å². The van der Waals surface area contributed by atoms with E-state index in [-0.39, 0.29) is 0 Å². The second kappa shape index (κ2) is 4.91. The Morgan fingerprint density at radius 3 is 1.90 bits per heavy atom. The Hall–Kier alpha value is 0.177. The zero-order valence-electron chi connectivity index (χ0n) is 7.85. The minimum atomic E-state index is -0.564. The average Bonchev–Trinajstić information content (AvgIpc) is 1.81. The van der Waals surface area contributed by atoms with E-state index in [0.29, 0.717) is 11.8 Å². The first kappa shape index (κ1) is 10.2. The van der Waals surface area contributed by atoms with Gasteiger partial charge in [0, 0.05) is 5.73 Å². The number of ether oxygens (including phenoxy) is 1. The topological polar surface area (TPSA) is 9.23 Å². The average molecular weight is 160 g/mol. The quantitative estimate of drug-likeness (QED) is 0.573. The van der Waals surface area contributed by atoms with Crippen molar-refractivity contribution in [2.45, 2.75) is 52.1 Å². The maximum Gasteiger partial charge on any atom is 0.0656 e. The highest BCUT2D eigenvalue weighted by molar-refractivity contribution is 6.57. The zero-order chi connectivity index (χ0) is 8.15. The van der Waals surface area contributed by atoms with Crippen molar-refractivity contribution in [3.8, 4) is 0 Å². The van der Waals surface area contributed by atoms with Gasteiger partial charge in [-0.25, -0.2) is 0 Å². The van der Waals surface area contributed by atoms with Crippen LogP contribution in [0.1, 0.15) is 27.2 Å². The molecule has 0 saturated carbocycles. The van der Waals surface area contributed by atoms with E-state index in [9.17, 15) is 0 Å². The summed E-state index contributed by atoms with van der Waals surface area (Å²) in [4.78, 5) is 0. The third kappa shape index (κ3) is 4.07. The first-order chi connectivity index (χ1) is 4.57. The van der Waals surface area contributed by atoms with Gasteiger partial charge in [0.15, 0.2) is 0 Å². The third-order valence-corrected chi connectivity index (χ3v) is 3.71. The van der Waals surface area contributed by atoms with Gasteiger partial charge < -0.3 is 4.74 Å². The lowest BCUT2D eigenvalue weighted by Gasteiger charge is -2.21. The van der Waals surface area contributed by atoms with Gasteiger partial charge in [-0.05, 0) is 20.3 Å². The largest absolute Gasteiger partial charge is 0.379 e. The fourth-order valence-corrected chi connectivity index (χ4v) is 2.65. The minimum Gasteiger partial charge on any atom is -0.379 e. The van der Waals surface area contributed by atoms with E-state index in [1.54, 1.807) is 0 Å². The van der Waals surface area contributed by atoms with Crippen LogP contribution in [-0.2, 0) is 4.74 Å². The van der Waals surface area contributed by atoms with E-state index in [1.807, 2.05) is 0 Å². The molecule has 0 saturated heterocycles. The van der Waals surface area contributed by atoms with E-state index in [1.165, 1.54) is 6.42 Å². The molecule has 0 aliphatic heterocycles. The molecule has 0 aromatic carbocycles. The van der Waals surface area contributed by atoms with Crippen molar-refractivity contribution in [3.63, 3.8) is 0 Å². The molecule has 2 heteroatoms. The smallest absolute Gasteiger partial charge is 0.0656 e. The highest BCUT2D eigenvalue weighted by Crippen LogP contribution is 2.05.